The number of hydrogen-bond donors (Lipinski definition) is 1. The first-order chi connectivity index (χ1) is 14.5. The first-order valence-corrected chi connectivity index (χ1v) is 13.6. The number of carbonyl (C=O) groups is 2. The van der Waals surface area contributed by atoms with Crippen molar-refractivity contribution in [1.82, 2.24) is 5.32 Å². The van der Waals surface area contributed by atoms with Gasteiger partial charge in [0.1, 0.15) is 0 Å². The van der Waals surface area contributed by atoms with Crippen molar-refractivity contribution in [2.24, 2.45) is 11.8 Å². The number of rotatable bonds is 17. The zero-order valence-electron chi connectivity index (χ0n) is 21.2. The van der Waals surface area contributed by atoms with Crippen molar-refractivity contribution in [3.8, 4) is 0 Å². The second-order valence-corrected chi connectivity index (χ2v) is 12.5. The predicted molar refractivity (Wildman–Crippen MR) is 126 cm³/mol. The molecule has 7 nitrogen and oxygen atoms in total. The van der Waals surface area contributed by atoms with E-state index in [1.54, 1.807) is 21.3 Å². The Bertz CT molecular complexity index is 497. The highest BCUT2D eigenvalue weighted by Crippen LogP contribution is 2.25. The van der Waals surface area contributed by atoms with Crippen molar-refractivity contribution < 1.29 is 27.6 Å². The molecule has 31 heavy (non-hydrogen) atoms. The molecule has 0 saturated heterocycles. The van der Waals surface area contributed by atoms with Gasteiger partial charge >= 0.3 is 14.8 Å². The summed E-state index contributed by atoms with van der Waals surface area (Å²) in [4.78, 5) is 25.1. The van der Waals surface area contributed by atoms with Gasteiger partial charge in [0.2, 0.25) is 5.91 Å². The van der Waals surface area contributed by atoms with E-state index >= 15 is 0 Å². The lowest BCUT2D eigenvalue weighted by atomic mass is 9.91. The van der Waals surface area contributed by atoms with Gasteiger partial charge in [-0.1, -0.05) is 33.1 Å². The van der Waals surface area contributed by atoms with E-state index in [0.29, 0.717) is 18.9 Å². The van der Waals surface area contributed by atoms with Crippen molar-refractivity contribution in [2.45, 2.75) is 97.6 Å². The van der Waals surface area contributed by atoms with Gasteiger partial charge in [0.25, 0.3) is 0 Å². The summed E-state index contributed by atoms with van der Waals surface area (Å²) in [6, 6.07) is 0.719. The standard InChI is InChI=1S/C23H47NO6Si/c1-9-10-11-12-16-30-21(25)18-20(22(26)24-23(3,4)5)14-13-19(2)15-17-31(27-6,28-7)29-8/h19-20H,9-18H2,1-8H3,(H,24,26). The van der Waals surface area contributed by atoms with Crippen molar-refractivity contribution in [3.05, 3.63) is 0 Å². The van der Waals surface area contributed by atoms with E-state index in [1.165, 1.54) is 0 Å². The van der Waals surface area contributed by atoms with Crippen LogP contribution in [0, 0.1) is 11.8 Å². The van der Waals surface area contributed by atoms with E-state index in [0.717, 1.165) is 44.6 Å². The third kappa shape index (κ3) is 13.9. The monoisotopic (exact) mass is 461 g/mol. The predicted octanol–water partition coefficient (Wildman–Crippen LogP) is 4.72. The van der Waals surface area contributed by atoms with Crippen LogP contribution in [-0.2, 0) is 27.6 Å². The number of amides is 1. The van der Waals surface area contributed by atoms with Gasteiger partial charge in [-0.15, -0.1) is 0 Å². The fraction of sp³-hybridized carbons (Fsp3) is 0.913. The molecule has 1 amide bonds. The van der Waals surface area contributed by atoms with Gasteiger partial charge in [-0.2, -0.15) is 0 Å². The zero-order valence-corrected chi connectivity index (χ0v) is 22.2. The number of nitrogens with one attached hydrogen (secondary N) is 1. The number of hydrogen-bond acceptors (Lipinski definition) is 6. The molecule has 0 aliphatic rings. The minimum absolute atomic E-state index is 0.0861. The molecular formula is C23H47NO6Si. The molecule has 0 aromatic carbocycles. The van der Waals surface area contributed by atoms with Gasteiger partial charge in [0.05, 0.1) is 13.0 Å². The number of carbonyl (C=O) groups excluding carboxylic acids is 2. The van der Waals surface area contributed by atoms with E-state index in [4.69, 9.17) is 18.0 Å². The second-order valence-electron chi connectivity index (χ2n) is 9.44. The maximum Gasteiger partial charge on any atom is 0.500 e. The maximum atomic E-state index is 12.8. The van der Waals surface area contributed by atoms with E-state index in [9.17, 15) is 9.59 Å². The van der Waals surface area contributed by atoms with Gasteiger partial charge in [-0.25, -0.2) is 0 Å². The summed E-state index contributed by atoms with van der Waals surface area (Å²) < 4.78 is 21.8. The molecule has 0 bridgehead atoms. The Morgan fingerprint density at radius 2 is 1.55 bits per heavy atom. The summed E-state index contributed by atoms with van der Waals surface area (Å²) in [5.74, 6) is -0.416. The topological polar surface area (TPSA) is 83.1 Å². The molecule has 184 valence electrons. The third-order valence-electron chi connectivity index (χ3n) is 5.43. The highest BCUT2D eigenvalue weighted by Gasteiger charge is 2.37. The molecule has 0 aliphatic heterocycles. The normalized spacial score (nSPS) is 14.2. The van der Waals surface area contributed by atoms with Crippen molar-refractivity contribution >= 4 is 20.7 Å². The molecule has 2 unspecified atom stereocenters. The smallest absolute Gasteiger partial charge is 0.466 e. The van der Waals surface area contributed by atoms with Crippen LogP contribution in [0.5, 0.6) is 0 Å². The molecular weight excluding hydrogens is 414 g/mol. The molecule has 8 heteroatoms. The summed E-state index contributed by atoms with van der Waals surface area (Å²) in [6.45, 7) is 10.6. The molecule has 2 atom stereocenters. The average molecular weight is 462 g/mol. The summed E-state index contributed by atoms with van der Waals surface area (Å²) in [6.07, 6.45) is 6.68. The minimum atomic E-state index is -2.59. The quantitative estimate of drug-likeness (QED) is 0.192. The highest BCUT2D eigenvalue weighted by atomic mass is 28.4. The first kappa shape index (κ1) is 30.0. The summed E-state index contributed by atoms with van der Waals surface area (Å²) in [7, 11) is 2.25. The highest BCUT2D eigenvalue weighted by molar-refractivity contribution is 6.60. The van der Waals surface area contributed by atoms with Crippen molar-refractivity contribution in [3.63, 3.8) is 0 Å². The van der Waals surface area contributed by atoms with E-state index in [2.05, 4.69) is 19.2 Å². The Hall–Kier alpha value is -0.963. The summed E-state index contributed by atoms with van der Waals surface area (Å²) in [5.41, 5.74) is -0.342. The first-order valence-electron chi connectivity index (χ1n) is 11.7. The van der Waals surface area contributed by atoms with Crippen LogP contribution >= 0.6 is 0 Å². The van der Waals surface area contributed by atoms with E-state index in [1.807, 2.05) is 20.8 Å². The molecule has 0 rings (SSSR count). The largest absolute Gasteiger partial charge is 0.500 e. The number of unbranched alkanes of at least 4 members (excludes halogenated alkanes) is 3. The molecule has 0 radical (unpaired) electrons. The van der Waals surface area contributed by atoms with Crippen LogP contribution in [0.4, 0.5) is 0 Å². The van der Waals surface area contributed by atoms with Crippen LogP contribution in [-0.4, -0.2) is 54.2 Å². The van der Waals surface area contributed by atoms with Crippen LogP contribution in [0.2, 0.25) is 6.04 Å². The molecule has 0 saturated carbocycles. The molecule has 0 fully saturated rings. The second kappa shape index (κ2) is 15.8. The maximum absolute atomic E-state index is 12.8. The SMILES string of the molecule is CCCCCCOC(=O)CC(CCC(C)CC[Si](OC)(OC)OC)C(=O)NC(C)(C)C. The van der Waals surface area contributed by atoms with Crippen molar-refractivity contribution in [2.75, 3.05) is 27.9 Å². The van der Waals surface area contributed by atoms with Crippen LogP contribution < -0.4 is 5.32 Å². The van der Waals surface area contributed by atoms with Crippen molar-refractivity contribution in [1.29, 1.82) is 0 Å². The molecule has 0 aromatic rings. The zero-order chi connectivity index (χ0) is 23.9. The Morgan fingerprint density at radius 3 is 2.06 bits per heavy atom. The Kier molecular flexibility index (Phi) is 15.3. The lowest BCUT2D eigenvalue weighted by Gasteiger charge is -2.27. The average Bonchev–Trinajstić information content (AvgIpc) is 2.71. The van der Waals surface area contributed by atoms with E-state index < -0.39 is 8.80 Å². The van der Waals surface area contributed by atoms with Crippen LogP contribution in [0.15, 0.2) is 0 Å². The fourth-order valence-electron chi connectivity index (χ4n) is 3.38. The van der Waals surface area contributed by atoms with Gasteiger partial charge in [0.15, 0.2) is 0 Å². The van der Waals surface area contributed by atoms with Gasteiger partial charge in [-0.3, -0.25) is 9.59 Å². The molecule has 0 heterocycles. The Balaban J connectivity index is 4.76. The van der Waals surface area contributed by atoms with Crippen LogP contribution in [0.1, 0.15) is 86.0 Å². The van der Waals surface area contributed by atoms with Gasteiger partial charge in [0, 0.05) is 38.8 Å². The fourth-order valence-corrected chi connectivity index (χ4v) is 5.34. The molecule has 0 aromatic heterocycles. The Labute approximate surface area is 191 Å². The lowest BCUT2D eigenvalue weighted by Crippen LogP contribution is -2.44. The summed E-state index contributed by atoms with van der Waals surface area (Å²) in [5, 5.41) is 3.02. The number of ether oxygens (including phenoxy) is 1. The van der Waals surface area contributed by atoms with Crippen LogP contribution in [0.25, 0.3) is 0 Å². The summed E-state index contributed by atoms with van der Waals surface area (Å²) >= 11 is 0. The lowest BCUT2D eigenvalue weighted by molar-refractivity contribution is -0.147. The van der Waals surface area contributed by atoms with E-state index in [-0.39, 0.29) is 29.8 Å². The minimum Gasteiger partial charge on any atom is -0.466 e. The van der Waals surface area contributed by atoms with Gasteiger partial charge < -0.3 is 23.3 Å². The van der Waals surface area contributed by atoms with Gasteiger partial charge in [-0.05, 0) is 52.4 Å². The molecule has 0 aliphatic carbocycles. The molecule has 0 spiro atoms. The van der Waals surface area contributed by atoms with Crippen LogP contribution in [0.3, 0.4) is 0 Å². The number of esters is 1. The molecule has 1 N–H and O–H groups in total. The Morgan fingerprint density at radius 1 is 0.935 bits per heavy atom. The third-order valence-corrected chi connectivity index (χ3v) is 8.19.